The Kier molecular flexibility index (Phi) is 5.89. The molecule has 3 rings (SSSR count). The first-order valence-electron chi connectivity index (χ1n) is 8.49. The van der Waals surface area contributed by atoms with Crippen molar-refractivity contribution in [2.24, 2.45) is 5.92 Å². The number of carbonyl (C=O) groups excluding carboxylic acids is 2. The molecule has 1 fully saturated rings. The smallest absolute Gasteiger partial charge is 0.260 e. The Morgan fingerprint density at radius 2 is 1.81 bits per heavy atom. The highest BCUT2D eigenvalue weighted by Crippen LogP contribution is 2.22. The Bertz CT molecular complexity index is 777. The van der Waals surface area contributed by atoms with Crippen LogP contribution in [0.15, 0.2) is 48.5 Å². The van der Waals surface area contributed by atoms with Crippen molar-refractivity contribution in [2.45, 2.75) is 12.8 Å². The summed E-state index contributed by atoms with van der Waals surface area (Å²) < 4.78 is 18.5. The van der Waals surface area contributed by atoms with Crippen LogP contribution < -0.4 is 4.74 Å². The molecule has 1 amide bonds. The third-order valence-corrected chi connectivity index (χ3v) is 4.70. The first-order valence-corrected chi connectivity index (χ1v) is 8.86. The molecule has 0 radical (unpaired) electrons. The van der Waals surface area contributed by atoms with E-state index in [1.807, 2.05) is 0 Å². The molecule has 1 atom stereocenters. The molecule has 1 heterocycles. The summed E-state index contributed by atoms with van der Waals surface area (Å²) in [5.41, 5.74) is 0.475. The molecule has 2 aromatic rings. The molecule has 0 aromatic heterocycles. The van der Waals surface area contributed by atoms with E-state index in [0.29, 0.717) is 29.4 Å². The van der Waals surface area contributed by atoms with Crippen molar-refractivity contribution in [1.29, 1.82) is 0 Å². The van der Waals surface area contributed by atoms with Gasteiger partial charge in [-0.3, -0.25) is 9.59 Å². The van der Waals surface area contributed by atoms with Gasteiger partial charge in [0.25, 0.3) is 5.91 Å². The highest BCUT2D eigenvalue weighted by Gasteiger charge is 2.29. The van der Waals surface area contributed by atoms with Gasteiger partial charge >= 0.3 is 0 Å². The Morgan fingerprint density at radius 3 is 2.50 bits per heavy atom. The minimum Gasteiger partial charge on any atom is -0.484 e. The maximum Gasteiger partial charge on any atom is 0.260 e. The molecule has 2 aromatic carbocycles. The minimum absolute atomic E-state index is 0.0545. The van der Waals surface area contributed by atoms with Gasteiger partial charge in [0, 0.05) is 29.6 Å². The molecule has 1 aliphatic heterocycles. The quantitative estimate of drug-likeness (QED) is 0.742. The number of benzene rings is 2. The molecular formula is C20H19ClFNO3. The minimum atomic E-state index is -0.374. The van der Waals surface area contributed by atoms with Crippen LogP contribution in [0.4, 0.5) is 4.39 Å². The first kappa shape index (κ1) is 18.4. The third kappa shape index (κ3) is 4.61. The van der Waals surface area contributed by atoms with E-state index in [2.05, 4.69) is 0 Å². The Hall–Kier alpha value is -2.40. The van der Waals surface area contributed by atoms with Crippen LogP contribution in [0.1, 0.15) is 23.2 Å². The summed E-state index contributed by atoms with van der Waals surface area (Å²) in [6, 6.07) is 12.3. The van der Waals surface area contributed by atoms with Crippen LogP contribution in [0.25, 0.3) is 0 Å². The SMILES string of the molecule is O=C(c1ccc(F)cc1)C1CCCN(C(=O)COc2ccc(Cl)cc2)C1. The number of hydrogen-bond donors (Lipinski definition) is 0. The average molecular weight is 376 g/mol. The number of halogens is 2. The molecule has 0 spiro atoms. The van der Waals surface area contributed by atoms with Crippen molar-refractivity contribution in [2.75, 3.05) is 19.7 Å². The van der Waals surface area contributed by atoms with E-state index in [9.17, 15) is 14.0 Å². The summed E-state index contributed by atoms with van der Waals surface area (Å²) in [6.45, 7) is 0.883. The molecule has 136 valence electrons. The van der Waals surface area contributed by atoms with Gasteiger partial charge in [0.2, 0.25) is 0 Å². The molecule has 26 heavy (non-hydrogen) atoms. The maximum absolute atomic E-state index is 13.0. The average Bonchev–Trinajstić information content (AvgIpc) is 2.67. The highest BCUT2D eigenvalue weighted by atomic mass is 35.5. The zero-order valence-corrected chi connectivity index (χ0v) is 14.9. The molecule has 1 aliphatic rings. The van der Waals surface area contributed by atoms with Crippen molar-refractivity contribution in [3.05, 3.63) is 64.9 Å². The van der Waals surface area contributed by atoms with Gasteiger partial charge in [0.15, 0.2) is 12.4 Å². The lowest BCUT2D eigenvalue weighted by molar-refractivity contribution is -0.134. The van der Waals surface area contributed by atoms with Crippen molar-refractivity contribution in [1.82, 2.24) is 4.90 Å². The highest BCUT2D eigenvalue weighted by molar-refractivity contribution is 6.30. The van der Waals surface area contributed by atoms with Gasteiger partial charge in [-0.1, -0.05) is 11.6 Å². The monoisotopic (exact) mass is 375 g/mol. The molecule has 0 bridgehead atoms. The molecule has 0 saturated carbocycles. The molecule has 0 aliphatic carbocycles. The van der Waals surface area contributed by atoms with E-state index >= 15 is 0 Å². The Morgan fingerprint density at radius 1 is 1.12 bits per heavy atom. The second kappa shape index (κ2) is 8.32. The standard InChI is InChI=1S/C20H19ClFNO3/c21-16-5-9-18(10-6-16)26-13-19(24)23-11-1-2-15(12-23)20(25)14-3-7-17(22)8-4-14/h3-10,15H,1-2,11-13H2. The fourth-order valence-electron chi connectivity index (χ4n) is 3.03. The van der Waals surface area contributed by atoms with E-state index < -0.39 is 0 Å². The second-order valence-corrected chi connectivity index (χ2v) is 6.73. The van der Waals surface area contributed by atoms with Gasteiger partial charge in [-0.05, 0) is 61.4 Å². The van der Waals surface area contributed by atoms with E-state index in [4.69, 9.17) is 16.3 Å². The summed E-state index contributed by atoms with van der Waals surface area (Å²) in [7, 11) is 0. The summed E-state index contributed by atoms with van der Waals surface area (Å²) in [5.74, 6) is -0.286. The van der Waals surface area contributed by atoms with Gasteiger partial charge < -0.3 is 9.64 Å². The van der Waals surface area contributed by atoms with Crippen LogP contribution in [0, 0.1) is 11.7 Å². The number of piperidine rings is 1. The van der Waals surface area contributed by atoms with E-state index in [1.54, 1.807) is 29.2 Å². The first-order chi connectivity index (χ1) is 12.5. The molecule has 1 unspecified atom stereocenters. The molecule has 1 saturated heterocycles. The van der Waals surface area contributed by atoms with Crippen LogP contribution in [-0.4, -0.2) is 36.3 Å². The number of hydrogen-bond acceptors (Lipinski definition) is 3. The molecule has 6 heteroatoms. The van der Waals surface area contributed by atoms with Gasteiger partial charge in [-0.2, -0.15) is 0 Å². The number of amides is 1. The summed E-state index contributed by atoms with van der Waals surface area (Å²) >= 11 is 5.82. The summed E-state index contributed by atoms with van der Waals surface area (Å²) in [6.07, 6.45) is 1.47. The lowest BCUT2D eigenvalue weighted by Gasteiger charge is -2.32. The normalized spacial score (nSPS) is 17.0. The van der Waals surface area contributed by atoms with E-state index in [-0.39, 0.29) is 30.0 Å². The number of ether oxygens (including phenoxy) is 1. The van der Waals surface area contributed by atoms with Crippen LogP contribution in [0.2, 0.25) is 5.02 Å². The number of nitrogens with zero attached hydrogens (tertiary/aromatic N) is 1. The number of carbonyl (C=O) groups is 2. The number of likely N-dealkylation sites (tertiary alicyclic amines) is 1. The zero-order valence-electron chi connectivity index (χ0n) is 14.2. The Labute approximate surface area is 156 Å². The maximum atomic E-state index is 13.0. The Balaban J connectivity index is 1.57. The van der Waals surface area contributed by atoms with Crippen LogP contribution in [-0.2, 0) is 4.79 Å². The summed E-state index contributed by atoms with van der Waals surface area (Å²) in [4.78, 5) is 26.6. The fraction of sp³-hybridized carbons (Fsp3) is 0.300. The van der Waals surface area contributed by atoms with Crippen LogP contribution in [0.3, 0.4) is 0 Å². The van der Waals surface area contributed by atoms with Crippen LogP contribution in [0.5, 0.6) is 5.75 Å². The largest absolute Gasteiger partial charge is 0.484 e. The van der Waals surface area contributed by atoms with Gasteiger partial charge in [0.05, 0.1) is 0 Å². The second-order valence-electron chi connectivity index (χ2n) is 6.29. The third-order valence-electron chi connectivity index (χ3n) is 4.45. The lowest BCUT2D eigenvalue weighted by Crippen LogP contribution is -2.44. The topological polar surface area (TPSA) is 46.6 Å². The van der Waals surface area contributed by atoms with Gasteiger partial charge in [-0.25, -0.2) is 4.39 Å². The zero-order chi connectivity index (χ0) is 18.5. The molecular weight excluding hydrogens is 357 g/mol. The van der Waals surface area contributed by atoms with Crippen molar-refractivity contribution < 1.29 is 18.7 Å². The van der Waals surface area contributed by atoms with Crippen molar-refractivity contribution in [3.63, 3.8) is 0 Å². The number of Topliss-reactive ketones (excluding diaryl/α,β-unsaturated/α-hetero) is 1. The van der Waals surface area contributed by atoms with Crippen LogP contribution >= 0.6 is 11.6 Å². The lowest BCUT2D eigenvalue weighted by atomic mass is 9.90. The van der Waals surface area contributed by atoms with Crippen molar-refractivity contribution >= 4 is 23.3 Å². The predicted octanol–water partition coefficient (Wildman–Crippen LogP) is 3.98. The summed E-state index contributed by atoms with van der Waals surface area (Å²) in [5, 5.41) is 0.599. The fourth-order valence-corrected chi connectivity index (χ4v) is 3.16. The number of rotatable bonds is 5. The van der Waals surface area contributed by atoms with E-state index in [1.165, 1.54) is 24.3 Å². The molecule has 0 N–H and O–H groups in total. The molecule has 4 nitrogen and oxygen atoms in total. The van der Waals surface area contributed by atoms with Crippen molar-refractivity contribution in [3.8, 4) is 5.75 Å². The number of ketones is 1. The predicted molar refractivity (Wildman–Crippen MR) is 97.0 cm³/mol. The van der Waals surface area contributed by atoms with Gasteiger partial charge in [0.1, 0.15) is 11.6 Å². The van der Waals surface area contributed by atoms with E-state index in [0.717, 1.165) is 12.8 Å². The van der Waals surface area contributed by atoms with Gasteiger partial charge in [-0.15, -0.1) is 0 Å².